The summed E-state index contributed by atoms with van der Waals surface area (Å²) in [4.78, 5) is 0.133. The molecule has 0 atom stereocenters. The van der Waals surface area contributed by atoms with Crippen molar-refractivity contribution in [3.8, 4) is 5.75 Å². The summed E-state index contributed by atoms with van der Waals surface area (Å²) >= 11 is 4.83. The minimum Gasteiger partial charge on any atom is -0.487 e. The van der Waals surface area contributed by atoms with E-state index in [2.05, 4.69) is 0 Å². The zero-order chi connectivity index (χ0) is 11.6. The number of benzene rings is 1. The average molecular weight is 227 g/mol. The summed E-state index contributed by atoms with van der Waals surface area (Å²) < 4.78 is 18.6. The summed E-state index contributed by atoms with van der Waals surface area (Å²) in [5.74, 6) is 0.135. The van der Waals surface area contributed by atoms with E-state index in [1.807, 2.05) is 20.8 Å². The van der Waals surface area contributed by atoms with Crippen LogP contribution in [0.5, 0.6) is 5.75 Å². The predicted molar refractivity (Wildman–Crippen MR) is 62.7 cm³/mol. The Labute approximate surface area is 94.2 Å². The van der Waals surface area contributed by atoms with Crippen molar-refractivity contribution < 1.29 is 9.13 Å². The van der Waals surface area contributed by atoms with Crippen molar-refractivity contribution in [2.75, 3.05) is 0 Å². The molecule has 0 heterocycles. The number of ether oxygens (including phenoxy) is 1. The maximum absolute atomic E-state index is 13.0. The first-order chi connectivity index (χ1) is 6.79. The van der Waals surface area contributed by atoms with Crippen LogP contribution in [0.25, 0.3) is 0 Å². The molecule has 0 fully saturated rings. The number of hydrogen-bond donors (Lipinski definition) is 1. The topological polar surface area (TPSA) is 35.2 Å². The molecule has 15 heavy (non-hydrogen) atoms. The molecule has 0 unspecified atom stereocenters. The Balaban J connectivity index is 3.12. The van der Waals surface area contributed by atoms with Crippen LogP contribution in [0.3, 0.4) is 0 Å². The standard InChI is InChI=1S/C11H14FNOS/c1-11(2,3)14-9-5-4-7(12)6-8(9)10(13)15/h4-6H,1-3H3,(H2,13,15). The Bertz CT molecular complexity index is 385. The Kier molecular flexibility index (Phi) is 3.29. The second kappa shape index (κ2) is 4.14. The predicted octanol–water partition coefficient (Wildman–Crippen LogP) is 2.64. The first kappa shape index (κ1) is 11.9. The van der Waals surface area contributed by atoms with Gasteiger partial charge in [0.05, 0.1) is 5.56 Å². The largest absolute Gasteiger partial charge is 0.487 e. The van der Waals surface area contributed by atoms with Crippen molar-refractivity contribution in [1.82, 2.24) is 0 Å². The highest BCUT2D eigenvalue weighted by molar-refractivity contribution is 7.80. The Morgan fingerprint density at radius 3 is 2.47 bits per heavy atom. The molecule has 1 aromatic carbocycles. The SMILES string of the molecule is CC(C)(C)Oc1ccc(F)cc1C(N)=S. The van der Waals surface area contributed by atoms with Crippen molar-refractivity contribution in [3.05, 3.63) is 29.6 Å². The van der Waals surface area contributed by atoms with E-state index < -0.39 is 0 Å². The first-order valence-corrected chi connectivity index (χ1v) is 4.99. The van der Waals surface area contributed by atoms with Gasteiger partial charge in [-0.15, -0.1) is 0 Å². The third-order valence-corrected chi connectivity index (χ3v) is 1.84. The van der Waals surface area contributed by atoms with Crippen LogP contribution in [-0.2, 0) is 0 Å². The van der Waals surface area contributed by atoms with Crippen LogP contribution in [0.1, 0.15) is 26.3 Å². The molecule has 0 saturated carbocycles. The fourth-order valence-electron chi connectivity index (χ4n) is 1.11. The molecule has 0 amide bonds. The van der Waals surface area contributed by atoms with Gasteiger partial charge in [-0.1, -0.05) is 12.2 Å². The average Bonchev–Trinajstić information content (AvgIpc) is 2.05. The van der Waals surface area contributed by atoms with Gasteiger partial charge in [-0.3, -0.25) is 0 Å². The maximum Gasteiger partial charge on any atom is 0.130 e. The van der Waals surface area contributed by atoms with E-state index in [-0.39, 0.29) is 16.4 Å². The first-order valence-electron chi connectivity index (χ1n) is 4.58. The summed E-state index contributed by atoms with van der Waals surface area (Å²) in [6, 6.07) is 4.14. The molecule has 1 aromatic rings. The second-order valence-corrected chi connectivity index (χ2v) is 4.66. The number of hydrogen-bond acceptors (Lipinski definition) is 2. The molecule has 0 spiro atoms. The van der Waals surface area contributed by atoms with Crippen LogP contribution in [0.15, 0.2) is 18.2 Å². The fourth-order valence-corrected chi connectivity index (χ4v) is 1.27. The van der Waals surface area contributed by atoms with Gasteiger partial charge in [-0.05, 0) is 39.0 Å². The molecule has 0 saturated heterocycles. The number of rotatable bonds is 2. The lowest BCUT2D eigenvalue weighted by molar-refractivity contribution is 0.130. The van der Waals surface area contributed by atoms with E-state index in [0.717, 1.165) is 0 Å². The molecular formula is C11H14FNOS. The minimum atomic E-state index is -0.376. The lowest BCUT2D eigenvalue weighted by Gasteiger charge is -2.23. The van der Waals surface area contributed by atoms with E-state index >= 15 is 0 Å². The number of nitrogens with two attached hydrogens (primary N) is 1. The minimum absolute atomic E-state index is 0.133. The van der Waals surface area contributed by atoms with E-state index in [1.54, 1.807) is 0 Å². The van der Waals surface area contributed by atoms with Crippen molar-refractivity contribution in [3.63, 3.8) is 0 Å². The van der Waals surface area contributed by atoms with Crippen molar-refractivity contribution in [2.24, 2.45) is 5.73 Å². The van der Waals surface area contributed by atoms with Gasteiger partial charge < -0.3 is 10.5 Å². The quantitative estimate of drug-likeness (QED) is 0.789. The third-order valence-electron chi connectivity index (χ3n) is 1.62. The molecule has 4 heteroatoms. The summed E-state index contributed by atoms with van der Waals surface area (Å²) in [5.41, 5.74) is 5.55. The highest BCUT2D eigenvalue weighted by atomic mass is 32.1. The number of halogens is 1. The molecule has 0 radical (unpaired) electrons. The van der Waals surface area contributed by atoms with Gasteiger partial charge >= 0.3 is 0 Å². The van der Waals surface area contributed by atoms with Gasteiger partial charge in [0.25, 0.3) is 0 Å². The molecular weight excluding hydrogens is 213 g/mol. The van der Waals surface area contributed by atoms with E-state index in [0.29, 0.717) is 11.3 Å². The lowest BCUT2D eigenvalue weighted by atomic mass is 10.1. The molecule has 0 aliphatic carbocycles. The second-order valence-electron chi connectivity index (χ2n) is 4.22. The molecule has 2 N–H and O–H groups in total. The summed E-state index contributed by atoms with van der Waals surface area (Å²) in [7, 11) is 0. The molecule has 82 valence electrons. The Morgan fingerprint density at radius 1 is 1.40 bits per heavy atom. The molecule has 0 bridgehead atoms. The maximum atomic E-state index is 13.0. The molecule has 2 nitrogen and oxygen atoms in total. The van der Waals surface area contributed by atoms with E-state index in [1.165, 1.54) is 18.2 Å². The van der Waals surface area contributed by atoms with Crippen LogP contribution in [0.2, 0.25) is 0 Å². The van der Waals surface area contributed by atoms with Crippen LogP contribution in [0.4, 0.5) is 4.39 Å². The molecule has 0 aromatic heterocycles. The number of thiocarbonyl (C=S) groups is 1. The summed E-state index contributed by atoms with van der Waals surface area (Å²) in [6.07, 6.45) is 0. The smallest absolute Gasteiger partial charge is 0.130 e. The molecule has 0 aliphatic heterocycles. The molecule has 0 aliphatic rings. The van der Waals surface area contributed by atoms with Gasteiger partial charge in [0.2, 0.25) is 0 Å². The summed E-state index contributed by atoms with van der Waals surface area (Å²) in [5, 5.41) is 0. The monoisotopic (exact) mass is 227 g/mol. The highest BCUT2D eigenvalue weighted by Crippen LogP contribution is 2.23. The van der Waals surface area contributed by atoms with Crippen molar-refractivity contribution >= 4 is 17.2 Å². The van der Waals surface area contributed by atoms with E-state index in [4.69, 9.17) is 22.7 Å². The summed E-state index contributed by atoms with van der Waals surface area (Å²) in [6.45, 7) is 5.71. The lowest BCUT2D eigenvalue weighted by Crippen LogP contribution is -2.25. The molecule has 1 rings (SSSR count). The zero-order valence-electron chi connectivity index (χ0n) is 9.00. The zero-order valence-corrected chi connectivity index (χ0v) is 9.82. The fraction of sp³-hybridized carbons (Fsp3) is 0.364. The van der Waals surface area contributed by atoms with Crippen molar-refractivity contribution in [1.29, 1.82) is 0 Å². The van der Waals surface area contributed by atoms with Crippen LogP contribution < -0.4 is 10.5 Å². The van der Waals surface area contributed by atoms with E-state index in [9.17, 15) is 4.39 Å². The van der Waals surface area contributed by atoms with Gasteiger partial charge in [0, 0.05) is 0 Å². The van der Waals surface area contributed by atoms with Crippen LogP contribution >= 0.6 is 12.2 Å². The van der Waals surface area contributed by atoms with Crippen molar-refractivity contribution in [2.45, 2.75) is 26.4 Å². The van der Waals surface area contributed by atoms with Crippen LogP contribution in [-0.4, -0.2) is 10.6 Å². The van der Waals surface area contributed by atoms with Crippen LogP contribution in [0, 0.1) is 5.82 Å². The van der Waals surface area contributed by atoms with Gasteiger partial charge in [0.1, 0.15) is 22.2 Å². The third kappa shape index (κ3) is 3.47. The Morgan fingerprint density at radius 2 is 2.00 bits per heavy atom. The van der Waals surface area contributed by atoms with Gasteiger partial charge in [-0.25, -0.2) is 4.39 Å². The normalized spacial score (nSPS) is 11.2. The van der Waals surface area contributed by atoms with Gasteiger partial charge in [0.15, 0.2) is 0 Å². The Hall–Kier alpha value is -1.16. The highest BCUT2D eigenvalue weighted by Gasteiger charge is 2.16. The van der Waals surface area contributed by atoms with Gasteiger partial charge in [-0.2, -0.15) is 0 Å².